The van der Waals surface area contributed by atoms with Gasteiger partial charge < -0.3 is 10.1 Å². The van der Waals surface area contributed by atoms with Gasteiger partial charge in [-0.15, -0.1) is 11.3 Å². The van der Waals surface area contributed by atoms with Gasteiger partial charge in [-0.3, -0.25) is 4.79 Å². The Morgan fingerprint density at radius 3 is 2.94 bits per heavy atom. The van der Waals surface area contributed by atoms with Crippen molar-refractivity contribution in [3.8, 4) is 0 Å². The number of nitrogens with one attached hydrogen (secondary N) is 1. The second-order valence-electron chi connectivity index (χ2n) is 4.75. The molecule has 94 valence electrons. The molecule has 0 bridgehead atoms. The number of rotatable bonds is 4. The van der Waals surface area contributed by atoms with E-state index in [1.54, 1.807) is 11.3 Å². The molecule has 0 radical (unpaired) electrons. The van der Waals surface area contributed by atoms with Gasteiger partial charge in [-0.1, -0.05) is 19.9 Å². The van der Waals surface area contributed by atoms with Crippen molar-refractivity contribution in [2.24, 2.45) is 5.92 Å². The smallest absolute Gasteiger partial charge is 0.249 e. The van der Waals surface area contributed by atoms with Crippen molar-refractivity contribution in [1.82, 2.24) is 5.32 Å². The maximum Gasteiger partial charge on any atom is 0.249 e. The van der Waals surface area contributed by atoms with Crippen LogP contribution in [0.5, 0.6) is 0 Å². The molecule has 1 saturated heterocycles. The third-order valence-corrected chi connectivity index (χ3v) is 3.99. The number of ether oxygens (including phenoxy) is 1. The van der Waals surface area contributed by atoms with Crippen molar-refractivity contribution >= 4 is 17.2 Å². The molecule has 2 atom stereocenters. The first kappa shape index (κ1) is 12.6. The Hall–Kier alpha value is -0.870. The van der Waals surface area contributed by atoms with Crippen molar-refractivity contribution in [2.45, 2.75) is 38.8 Å². The fourth-order valence-electron chi connectivity index (χ4n) is 2.07. The van der Waals surface area contributed by atoms with E-state index in [2.05, 4.69) is 25.2 Å². The highest BCUT2D eigenvalue weighted by Gasteiger charge is 2.27. The average Bonchev–Trinajstić information content (AvgIpc) is 2.97. The van der Waals surface area contributed by atoms with Gasteiger partial charge in [0.15, 0.2) is 0 Å². The zero-order chi connectivity index (χ0) is 12.3. The number of thiophene rings is 1. The van der Waals surface area contributed by atoms with Crippen LogP contribution >= 0.6 is 11.3 Å². The number of carbonyl (C=O) groups excluding carboxylic acids is 1. The van der Waals surface area contributed by atoms with Crippen LogP contribution in [0, 0.1) is 5.92 Å². The molecule has 17 heavy (non-hydrogen) atoms. The first-order chi connectivity index (χ1) is 8.18. The summed E-state index contributed by atoms with van der Waals surface area (Å²) in [6.07, 6.45) is 1.60. The Bertz CT molecular complexity index is 356. The van der Waals surface area contributed by atoms with Gasteiger partial charge in [0.1, 0.15) is 6.10 Å². The van der Waals surface area contributed by atoms with Crippen LogP contribution in [-0.4, -0.2) is 18.6 Å². The summed E-state index contributed by atoms with van der Waals surface area (Å²) in [4.78, 5) is 13.2. The van der Waals surface area contributed by atoms with Crippen LogP contribution in [0.1, 0.15) is 37.6 Å². The summed E-state index contributed by atoms with van der Waals surface area (Å²) in [5.74, 6) is 0.425. The summed E-state index contributed by atoms with van der Waals surface area (Å²) in [7, 11) is 0. The Morgan fingerprint density at radius 2 is 2.41 bits per heavy atom. The summed E-state index contributed by atoms with van der Waals surface area (Å²) in [5.41, 5.74) is 0. The lowest BCUT2D eigenvalue weighted by Gasteiger charge is -2.22. The third kappa shape index (κ3) is 3.07. The molecule has 1 N–H and O–H groups in total. The van der Waals surface area contributed by atoms with E-state index in [9.17, 15) is 4.79 Å². The monoisotopic (exact) mass is 253 g/mol. The van der Waals surface area contributed by atoms with E-state index in [0.717, 1.165) is 12.8 Å². The highest BCUT2D eigenvalue weighted by Crippen LogP contribution is 2.26. The molecule has 2 heterocycles. The number of carbonyl (C=O) groups is 1. The second kappa shape index (κ2) is 5.65. The molecule has 2 rings (SSSR count). The molecule has 3 nitrogen and oxygen atoms in total. The minimum Gasteiger partial charge on any atom is -0.368 e. The lowest BCUT2D eigenvalue weighted by atomic mass is 10.0. The molecule has 1 amide bonds. The minimum atomic E-state index is -0.240. The molecule has 0 saturated carbocycles. The Kier molecular flexibility index (Phi) is 4.18. The molecule has 0 aromatic carbocycles. The topological polar surface area (TPSA) is 38.3 Å². The van der Waals surface area contributed by atoms with Gasteiger partial charge >= 0.3 is 0 Å². The van der Waals surface area contributed by atoms with Crippen LogP contribution in [0.3, 0.4) is 0 Å². The first-order valence-corrected chi connectivity index (χ1v) is 7.02. The molecular weight excluding hydrogens is 234 g/mol. The molecule has 0 unspecified atom stereocenters. The summed E-state index contributed by atoms with van der Waals surface area (Å²) in [6, 6.07) is 4.20. The molecule has 1 aliphatic heterocycles. The van der Waals surface area contributed by atoms with E-state index in [1.165, 1.54) is 4.88 Å². The summed E-state index contributed by atoms with van der Waals surface area (Å²) >= 11 is 1.69. The van der Waals surface area contributed by atoms with Gasteiger partial charge in [0.05, 0.1) is 6.04 Å². The van der Waals surface area contributed by atoms with Gasteiger partial charge in [-0.05, 0) is 30.2 Å². The highest BCUT2D eigenvalue weighted by molar-refractivity contribution is 7.10. The van der Waals surface area contributed by atoms with E-state index in [0.29, 0.717) is 12.5 Å². The predicted octanol–water partition coefficient (Wildman–Crippen LogP) is 2.74. The average molecular weight is 253 g/mol. The van der Waals surface area contributed by atoms with Gasteiger partial charge in [-0.2, -0.15) is 0 Å². The minimum absolute atomic E-state index is 0.0367. The van der Waals surface area contributed by atoms with E-state index >= 15 is 0 Å². The van der Waals surface area contributed by atoms with Crippen LogP contribution in [0.2, 0.25) is 0 Å². The SMILES string of the molecule is CC(C)[C@H](NC(=O)[C@H]1CCCO1)c1cccs1. The zero-order valence-electron chi connectivity index (χ0n) is 10.3. The molecule has 1 fully saturated rings. The molecule has 1 aliphatic rings. The Morgan fingerprint density at radius 1 is 1.59 bits per heavy atom. The van der Waals surface area contributed by atoms with Crippen molar-refractivity contribution in [1.29, 1.82) is 0 Å². The van der Waals surface area contributed by atoms with Crippen LogP contribution in [0.4, 0.5) is 0 Å². The number of hydrogen-bond donors (Lipinski definition) is 1. The summed E-state index contributed by atoms with van der Waals surface area (Å²) < 4.78 is 5.40. The molecule has 4 heteroatoms. The van der Waals surface area contributed by atoms with E-state index < -0.39 is 0 Å². The number of hydrogen-bond acceptors (Lipinski definition) is 3. The normalized spacial score (nSPS) is 21.7. The van der Waals surface area contributed by atoms with Crippen LogP contribution in [-0.2, 0) is 9.53 Å². The van der Waals surface area contributed by atoms with E-state index in [1.807, 2.05) is 11.4 Å². The van der Waals surface area contributed by atoms with E-state index in [-0.39, 0.29) is 18.1 Å². The molecule has 0 spiro atoms. The lowest BCUT2D eigenvalue weighted by Crippen LogP contribution is -2.38. The van der Waals surface area contributed by atoms with Crippen molar-refractivity contribution < 1.29 is 9.53 Å². The standard InChI is InChI=1S/C13H19NO2S/c1-9(2)12(11-6-4-8-17-11)14-13(15)10-5-3-7-16-10/h4,6,8-10,12H,3,5,7H2,1-2H3,(H,14,15)/t10-,12+/m1/s1. The molecule has 0 aliphatic carbocycles. The fourth-order valence-corrected chi connectivity index (χ4v) is 3.01. The van der Waals surface area contributed by atoms with Crippen molar-refractivity contribution in [3.05, 3.63) is 22.4 Å². The lowest BCUT2D eigenvalue weighted by molar-refractivity contribution is -0.131. The summed E-state index contributed by atoms with van der Waals surface area (Å²) in [6.45, 7) is 4.96. The van der Waals surface area contributed by atoms with Crippen LogP contribution in [0.15, 0.2) is 17.5 Å². The Labute approximate surface area is 106 Å². The predicted molar refractivity (Wildman–Crippen MR) is 69.0 cm³/mol. The van der Waals surface area contributed by atoms with Gasteiger partial charge in [0.25, 0.3) is 0 Å². The quantitative estimate of drug-likeness (QED) is 0.896. The Balaban J connectivity index is 2.00. The van der Waals surface area contributed by atoms with E-state index in [4.69, 9.17) is 4.74 Å². The molecule has 1 aromatic rings. The molecular formula is C13H19NO2S. The first-order valence-electron chi connectivity index (χ1n) is 6.14. The molecule has 1 aromatic heterocycles. The maximum absolute atomic E-state index is 12.0. The number of amides is 1. The fraction of sp³-hybridized carbons (Fsp3) is 0.615. The highest BCUT2D eigenvalue weighted by atomic mass is 32.1. The van der Waals surface area contributed by atoms with Crippen LogP contribution in [0.25, 0.3) is 0 Å². The van der Waals surface area contributed by atoms with Gasteiger partial charge in [-0.25, -0.2) is 0 Å². The second-order valence-corrected chi connectivity index (χ2v) is 5.73. The van der Waals surface area contributed by atoms with Gasteiger partial charge in [0, 0.05) is 11.5 Å². The summed E-state index contributed by atoms with van der Waals surface area (Å²) in [5, 5.41) is 5.15. The maximum atomic E-state index is 12.0. The zero-order valence-corrected chi connectivity index (χ0v) is 11.1. The van der Waals surface area contributed by atoms with Gasteiger partial charge in [0.2, 0.25) is 5.91 Å². The third-order valence-electron chi connectivity index (χ3n) is 3.04. The largest absolute Gasteiger partial charge is 0.368 e. The van der Waals surface area contributed by atoms with Crippen LogP contribution < -0.4 is 5.32 Å². The van der Waals surface area contributed by atoms with Crippen molar-refractivity contribution in [3.63, 3.8) is 0 Å². The van der Waals surface area contributed by atoms with Crippen molar-refractivity contribution in [2.75, 3.05) is 6.61 Å².